The summed E-state index contributed by atoms with van der Waals surface area (Å²) in [6.45, 7) is 9.44. The molecular formula is C30H37N7O4. The van der Waals surface area contributed by atoms with E-state index < -0.39 is 11.1 Å². The van der Waals surface area contributed by atoms with Crippen LogP contribution in [0.25, 0.3) is 0 Å². The van der Waals surface area contributed by atoms with Gasteiger partial charge in [0.15, 0.2) is 5.54 Å². The molecule has 1 aliphatic carbocycles. The maximum absolute atomic E-state index is 13.6. The zero-order chi connectivity index (χ0) is 29.4. The first-order valence-corrected chi connectivity index (χ1v) is 13.8. The number of carbonyl (C=O) groups is 3. The highest BCUT2D eigenvalue weighted by Gasteiger charge is 2.45. The van der Waals surface area contributed by atoms with Gasteiger partial charge in [-0.15, -0.1) is 0 Å². The lowest BCUT2D eigenvalue weighted by molar-refractivity contribution is 0.0170. The average Bonchev–Trinajstić information content (AvgIpc) is 3.14. The zero-order valence-corrected chi connectivity index (χ0v) is 24.2. The number of hydrogen-bond acceptors (Lipinski definition) is 8. The molecule has 1 saturated heterocycles. The van der Waals surface area contributed by atoms with Gasteiger partial charge >= 0.3 is 12.1 Å². The molecule has 41 heavy (non-hydrogen) atoms. The number of ketones is 1. The van der Waals surface area contributed by atoms with Crippen LogP contribution in [0.2, 0.25) is 0 Å². The van der Waals surface area contributed by atoms with E-state index in [-0.39, 0.29) is 17.9 Å². The van der Waals surface area contributed by atoms with E-state index in [1.807, 2.05) is 46.9 Å². The number of nitrogens with zero attached hydrogens (tertiary/aromatic N) is 5. The lowest BCUT2D eigenvalue weighted by atomic mass is 9.88. The van der Waals surface area contributed by atoms with Crippen LogP contribution in [0.4, 0.5) is 9.59 Å². The van der Waals surface area contributed by atoms with Crippen LogP contribution in [0.1, 0.15) is 48.7 Å². The van der Waals surface area contributed by atoms with Gasteiger partial charge in [0, 0.05) is 51.5 Å². The molecular weight excluding hydrogens is 522 g/mol. The highest BCUT2D eigenvalue weighted by Crippen LogP contribution is 2.38. The van der Waals surface area contributed by atoms with Crippen molar-refractivity contribution in [2.75, 3.05) is 33.2 Å². The van der Waals surface area contributed by atoms with E-state index in [9.17, 15) is 14.4 Å². The minimum absolute atomic E-state index is 0.187. The Morgan fingerprint density at radius 2 is 1.83 bits per heavy atom. The van der Waals surface area contributed by atoms with Crippen LogP contribution in [-0.4, -0.2) is 89.0 Å². The fourth-order valence-electron chi connectivity index (χ4n) is 5.25. The van der Waals surface area contributed by atoms with Gasteiger partial charge in [-0.05, 0) is 57.4 Å². The second-order valence-corrected chi connectivity index (χ2v) is 11.5. The Morgan fingerprint density at radius 1 is 1.10 bits per heavy atom. The normalized spacial score (nSPS) is 21.6. The summed E-state index contributed by atoms with van der Waals surface area (Å²) in [4.78, 5) is 46.9. The summed E-state index contributed by atoms with van der Waals surface area (Å²) in [5.41, 5.74) is 3.07. The van der Waals surface area contributed by atoms with Crippen LogP contribution in [0.5, 0.6) is 0 Å². The molecule has 3 amide bonds. The number of ether oxygens (including phenoxy) is 1. The lowest BCUT2D eigenvalue weighted by Gasteiger charge is -2.35. The number of aliphatic imine (C=N–C) groups is 1. The quantitative estimate of drug-likeness (QED) is 0.547. The number of nitrogens with one attached hydrogen (secondary N) is 2. The predicted octanol–water partition coefficient (Wildman–Crippen LogP) is 3.34. The molecule has 0 bridgehead atoms. The molecule has 4 aliphatic rings. The van der Waals surface area contributed by atoms with Gasteiger partial charge in [0.25, 0.3) is 0 Å². The molecule has 11 heteroatoms. The van der Waals surface area contributed by atoms with Gasteiger partial charge in [-0.25, -0.2) is 9.59 Å². The summed E-state index contributed by atoms with van der Waals surface area (Å²) in [6, 6.07) is 5.27. The Kier molecular flexibility index (Phi) is 7.46. The standard InChI is InChI=1S/C30H37N7O4/c1-20-17-21(26(38)23-11-12-31-24-7-6-8-25-30(24,34-23)19-33-35(25)5)9-10-22(20)18-32-27(39)36-13-15-37(16-14-36)28(40)41-29(2,3)4/h7-12,17,19,31H,6,13-16,18H2,1-5H3,(H,32,39). The van der Waals surface area contributed by atoms with E-state index in [2.05, 4.69) is 27.9 Å². The molecule has 3 aliphatic heterocycles. The van der Waals surface area contributed by atoms with E-state index in [4.69, 9.17) is 9.73 Å². The van der Waals surface area contributed by atoms with Gasteiger partial charge in [-0.2, -0.15) is 5.10 Å². The Bertz CT molecular complexity index is 1410. The van der Waals surface area contributed by atoms with Crippen molar-refractivity contribution in [2.24, 2.45) is 10.1 Å². The number of aryl methyl sites for hydroxylation is 1. The Hall–Kier alpha value is -4.41. The highest BCUT2D eigenvalue weighted by molar-refractivity contribution is 6.50. The van der Waals surface area contributed by atoms with Crippen molar-refractivity contribution in [3.05, 3.63) is 70.7 Å². The molecule has 3 heterocycles. The molecule has 1 atom stereocenters. The Labute approximate surface area is 240 Å². The van der Waals surface area contributed by atoms with Crippen molar-refractivity contribution in [1.82, 2.24) is 25.4 Å². The number of rotatable bonds is 4. The minimum Gasteiger partial charge on any atom is -0.444 e. The van der Waals surface area contributed by atoms with Gasteiger partial charge in [-0.3, -0.25) is 14.8 Å². The van der Waals surface area contributed by atoms with Crippen molar-refractivity contribution in [3.8, 4) is 0 Å². The highest BCUT2D eigenvalue weighted by atomic mass is 16.6. The fourth-order valence-corrected chi connectivity index (χ4v) is 5.25. The van der Waals surface area contributed by atoms with Gasteiger partial charge in [0.05, 0.1) is 17.6 Å². The van der Waals surface area contributed by atoms with E-state index >= 15 is 0 Å². The molecule has 0 saturated carbocycles. The molecule has 0 aromatic heterocycles. The number of urea groups is 1. The maximum Gasteiger partial charge on any atom is 0.410 e. The molecule has 1 fully saturated rings. The predicted molar refractivity (Wildman–Crippen MR) is 157 cm³/mol. The van der Waals surface area contributed by atoms with Crippen LogP contribution < -0.4 is 10.6 Å². The SMILES string of the molecule is Cc1cc(C(=O)C2=NC34C=NN(C)C3=CCC=C4NC=C2)ccc1CNC(=O)N1CCN(C(=O)OC(C)(C)C)CC1. The smallest absolute Gasteiger partial charge is 0.410 e. The molecule has 5 rings (SSSR count). The number of likely N-dealkylation sites (N-methyl/N-ethyl adjacent to an activating group) is 1. The van der Waals surface area contributed by atoms with E-state index in [1.165, 1.54) is 0 Å². The molecule has 0 radical (unpaired) electrons. The van der Waals surface area contributed by atoms with Crippen molar-refractivity contribution in [1.29, 1.82) is 0 Å². The zero-order valence-electron chi connectivity index (χ0n) is 24.2. The van der Waals surface area contributed by atoms with Crippen molar-refractivity contribution in [2.45, 2.75) is 51.8 Å². The second kappa shape index (κ2) is 10.9. The first-order valence-electron chi connectivity index (χ1n) is 13.8. The molecule has 11 nitrogen and oxygen atoms in total. The number of piperazine rings is 1. The third-order valence-electron chi connectivity index (χ3n) is 7.46. The van der Waals surface area contributed by atoms with Gasteiger partial charge in [0.2, 0.25) is 5.78 Å². The van der Waals surface area contributed by atoms with Crippen LogP contribution in [-0.2, 0) is 11.3 Å². The summed E-state index contributed by atoms with van der Waals surface area (Å²) >= 11 is 0. The van der Waals surface area contributed by atoms with Crippen molar-refractivity contribution in [3.63, 3.8) is 0 Å². The number of hydrogen-bond donors (Lipinski definition) is 2. The molecule has 2 N–H and O–H groups in total. The van der Waals surface area contributed by atoms with Gasteiger partial charge in [-0.1, -0.05) is 24.3 Å². The summed E-state index contributed by atoms with van der Waals surface area (Å²) in [6.07, 6.45) is 9.75. The molecule has 1 unspecified atom stereocenters. The van der Waals surface area contributed by atoms with Crippen LogP contribution in [0.15, 0.2) is 64.1 Å². The third kappa shape index (κ3) is 5.75. The summed E-state index contributed by atoms with van der Waals surface area (Å²) in [5, 5.41) is 12.5. The lowest BCUT2D eigenvalue weighted by Crippen LogP contribution is -2.53. The number of Topliss-reactive ketones (excluding diaryl/α,β-unsaturated/α-hetero) is 1. The van der Waals surface area contributed by atoms with Crippen LogP contribution in [0.3, 0.4) is 0 Å². The molecule has 1 aromatic rings. The second-order valence-electron chi connectivity index (χ2n) is 11.5. The van der Waals surface area contributed by atoms with Crippen molar-refractivity contribution >= 4 is 29.8 Å². The Balaban J connectivity index is 1.21. The molecule has 1 aromatic carbocycles. The Morgan fingerprint density at radius 3 is 2.54 bits per heavy atom. The first-order chi connectivity index (χ1) is 19.5. The maximum atomic E-state index is 13.6. The van der Waals surface area contributed by atoms with E-state index in [0.717, 1.165) is 28.9 Å². The number of hydrazone groups is 1. The first kappa shape index (κ1) is 28.1. The third-order valence-corrected chi connectivity index (χ3v) is 7.46. The number of allylic oxidation sites excluding steroid dienone is 3. The molecule has 1 spiro atoms. The van der Waals surface area contributed by atoms with Crippen LogP contribution >= 0.6 is 0 Å². The van der Waals surface area contributed by atoms with E-state index in [1.54, 1.807) is 39.4 Å². The van der Waals surface area contributed by atoms with Gasteiger partial charge < -0.3 is 25.2 Å². The minimum atomic E-state index is -0.834. The van der Waals surface area contributed by atoms with Crippen molar-refractivity contribution < 1.29 is 19.1 Å². The number of carbonyl (C=O) groups excluding carboxylic acids is 3. The topological polar surface area (TPSA) is 119 Å². The average molecular weight is 560 g/mol. The monoisotopic (exact) mass is 559 g/mol. The van der Waals surface area contributed by atoms with Crippen LogP contribution in [0, 0.1) is 6.92 Å². The van der Waals surface area contributed by atoms with Gasteiger partial charge in [0.1, 0.15) is 11.3 Å². The number of amides is 3. The van der Waals surface area contributed by atoms with E-state index in [0.29, 0.717) is 44.0 Å². The number of benzene rings is 1. The summed E-state index contributed by atoms with van der Waals surface area (Å²) < 4.78 is 5.43. The fraction of sp³-hybridized carbons (Fsp3) is 0.433. The summed E-state index contributed by atoms with van der Waals surface area (Å²) in [5.74, 6) is -0.187. The largest absolute Gasteiger partial charge is 0.444 e. The molecule has 216 valence electrons. The summed E-state index contributed by atoms with van der Waals surface area (Å²) in [7, 11) is 1.88.